The van der Waals surface area contributed by atoms with Crippen LogP contribution in [0.4, 0.5) is 18.9 Å². The lowest BCUT2D eigenvalue weighted by molar-refractivity contribution is -0.137. The van der Waals surface area contributed by atoms with Crippen molar-refractivity contribution in [1.29, 1.82) is 5.26 Å². The van der Waals surface area contributed by atoms with Crippen LogP contribution in [0, 0.1) is 17.2 Å². The van der Waals surface area contributed by atoms with E-state index >= 15 is 0 Å². The Balaban J connectivity index is 2.84. The molecule has 1 atom stereocenters. The van der Waals surface area contributed by atoms with E-state index in [9.17, 15) is 13.2 Å². The van der Waals surface area contributed by atoms with Gasteiger partial charge in [-0.05, 0) is 43.9 Å². The molecule has 110 valence electrons. The Hall–Kier alpha value is -1.70. The molecule has 0 bridgehead atoms. The molecule has 0 amide bonds. The Morgan fingerprint density at radius 3 is 2.35 bits per heavy atom. The second-order valence-electron chi connectivity index (χ2n) is 5.39. The van der Waals surface area contributed by atoms with Crippen molar-refractivity contribution < 1.29 is 13.2 Å². The van der Waals surface area contributed by atoms with Crippen LogP contribution in [0.3, 0.4) is 0 Å². The standard InChI is InChI=1S/C15H19F3N2/c1-10(2)4-5-11(3)20-14-7-6-13(15(16,17)18)8-12(14)9-19/h6-8,10-11,20H,4-5H2,1-3H3. The first-order valence-electron chi connectivity index (χ1n) is 6.62. The maximum Gasteiger partial charge on any atom is 0.416 e. The van der Waals surface area contributed by atoms with Gasteiger partial charge in [0, 0.05) is 6.04 Å². The Bertz CT molecular complexity index is 487. The molecule has 1 N–H and O–H groups in total. The molecule has 0 saturated heterocycles. The van der Waals surface area contributed by atoms with Crippen LogP contribution in [0.5, 0.6) is 0 Å². The van der Waals surface area contributed by atoms with Crippen LogP contribution in [0.1, 0.15) is 44.7 Å². The monoisotopic (exact) mass is 284 g/mol. The molecule has 0 aromatic heterocycles. The molecule has 1 rings (SSSR count). The van der Waals surface area contributed by atoms with Gasteiger partial charge >= 0.3 is 6.18 Å². The van der Waals surface area contributed by atoms with E-state index in [1.54, 1.807) is 0 Å². The molecule has 1 aromatic carbocycles. The van der Waals surface area contributed by atoms with Crippen LogP contribution in [-0.2, 0) is 6.18 Å². The number of nitriles is 1. The zero-order valence-corrected chi connectivity index (χ0v) is 11.9. The zero-order valence-electron chi connectivity index (χ0n) is 11.9. The summed E-state index contributed by atoms with van der Waals surface area (Å²) in [6.45, 7) is 6.19. The van der Waals surface area contributed by atoms with E-state index in [0.29, 0.717) is 11.6 Å². The topological polar surface area (TPSA) is 35.8 Å². The highest BCUT2D eigenvalue weighted by atomic mass is 19.4. The summed E-state index contributed by atoms with van der Waals surface area (Å²) in [7, 11) is 0. The van der Waals surface area contributed by atoms with Gasteiger partial charge < -0.3 is 5.32 Å². The lowest BCUT2D eigenvalue weighted by Gasteiger charge is -2.18. The molecule has 0 aliphatic carbocycles. The molecule has 0 saturated carbocycles. The first-order valence-corrected chi connectivity index (χ1v) is 6.62. The fourth-order valence-corrected chi connectivity index (χ4v) is 1.86. The van der Waals surface area contributed by atoms with E-state index in [4.69, 9.17) is 5.26 Å². The van der Waals surface area contributed by atoms with Crippen molar-refractivity contribution in [2.24, 2.45) is 5.92 Å². The van der Waals surface area contributed by atoms with Crippen molar-refractivity contribution in [1.82, 2.24) is 0 Å². The van der Waals surface area contributed by atoms with Gasteiger partial charge in [-0.2, -0.15) is 18.4 Å². The average molecular weight is 284 g/mol. The molecule has 20 heavy (non-hydrogen) atoms. The summed E-state index contributed by atoms with van der Waals surface area (Å²) >= 11 is 0. The third-order valence-corrected chi connectivity index (χ3v) is 3.05. The minimum absolute atomic E-state index is 0.0243. The summed E-state index contributed by atoms with van der Waals surface area (Å²) in [6.07, 6.45) is -2.49. The Kier molecular flexibility index (Phi) is 5.43. The predicted molar refractivity (Wildman–Crippen MR) is 73.3 cm³/mol. The van der Waals surface area contributed by atoms with E-state index < -0.39 is 11.7 Å². The molecule has 0 heterocycles. The van der Waals surface area contributed by atoms with E-state index in [1.165, 1.54) is 6.07 Å². The van der Waals surface area contributed by atoms with Crippen LogP contribution in [0.25, 0.3) is 0 Å². The molecular weight excluding hydrogens is 265 g/mol. The summed E-state index contributed by atoms with van der Waals surface area (Å²) in [5, 5.41) is 12.1. The number of benzene rings is 1. The van der Waals surface area contributed by atoms with Gasteiger partial charge in [-0.15, -0.1) is 0 Å². The third-order valence-electron chi connectivity index (χ3n) is 3.05. The summed E-state index contributed by atoms with van der Waals surface area (Å²) in [6, 6.07) is 5.14. The average Bonchev–Trinajstić information content (AvgIpc) is 2.35. The van der Waals surface area contributed by atoms with Gasteiger partial charge in [-0.25, -0.2) is 0 Å². The van der Waals surface area contributed by atoms with E-state index in [-0.39, 0.29) is 11.6 Å². The number of nitrogens with one attached hydrogen (secondary N) is 1. The maximum atomic E-state index is 12.6. The van der Waals surface area contributed by atoms with Crippen LogP contribution in [0.2, 0.25) is 0 Å². The number of nitrogens with zero attached hydrogens (tertiary/aromatic N) is 1. The van der Waals surface area contributed by atoms with Crippen molar-refractivity contribution in [3.63, 3.8) is 0 Å². The van der Waals surface area contributed by atoms with Gasteiger partial charge in [-0.1, -0.05) is 13.8 Å². The first kappa shape index (κ1) is 16.4. The quantitative estimate of drug-likeness (QED) is 0.842. The van der Waals surface area contributed by atoms with Crippen molar-refractivity contribution in [2.45, 2.75) is 45.8 Å². The molecule has 0 fully saturated rings. The third kappa shape index (κ3) is 4.76. The number of halogens is 3. The van der Waals surface area contributed by atoms with Crippen LogP contribution < -0.4 is 5.32 Å². The largest absolute Gasteiger partial charge is 0.416 e. The molecule has 2 nitrogen and oxygen atoms in total. The van der Waals surface area contributed by atoms with E-state index in [2.05, 4.69) is 19.2 Å². The molecule has 0 spiro atoms. The minimum Gasteiger partial charge on any atom is -0.382 e. The summed E-state index contributed by atoms with van der Waals surface area (Å²) in [5.74, 6) is 0.572. The summed E-state index contributed by atoms with van der Waals surface area (Å²) in [5.41, 5.74) is -0.317. The zero-order chi connectivity index (χ0) is 15.3. The minimum atomic E-state index is -4.42. The molecule has 1 unspecified atom stereocenters. The SMILES string of the molecule is CC(C)CCC(C)Nc1ccc(C(F)(F)F)cc1C#N. The Morgan fingerprint density at radius 1 is 1.20 bits per heavy atom. The predicted octanol–water partition coefficient (Wildman–Crippen LogP) is 4.81. The van der Waals surface area contributed by atoms with E-state index in [1.807, 2.05) is 13.0 Å². The molecule has 5 heteroatoms. The second kappa shape index (κ2) is 6.65. The maximum absolute atomic E-state index is 12.6. The smallest absolute Gasteiger partial charge is 0.382 e. The first-order chi connectivity index (χ1) is 9.24. The van der Waals surface area contributed by atoms with Gasteiger partial charge in [0.1, 0.15) is 6.07 Å². The molecular formula is C15H19F3N2. The van der Waals surface area contributed by atoms with Crippen molar-refractivity contribution in [3.8, 4) is 6.07 Å². The molecule has 0 aliphatic heterocycles. The van der Waals surface area contributed by atoms with E-state index in [0.717, 1.165) is 25.0 Å². The summed E-state index contributed by atoms with van der Waals surface area (Å²) < 4.78 is 37.7. The number of anilines is 1. The Labute approximate surface area is 117 Å². The number of hydrogen-bond acceptors (Lipinski definition) is 2. The van der Waals surface area contributed by atoms with Crippen molar-refractivity contribution >= 4 is 5.69 Å². The molecule has 1 aromatic rings. The van der Waals surface area contributed by atoms with Gasteiger partial charge in [0.15, 0.2) is 0 Å². The number of alkyl halides is 3. The van der Waals surface area contributed by atoms with Crippen LogP contribution in [0.15, 0.2) is 18.2 Å². The number of rotatable bonds is 5. The fourth-order valence-electron chi connectivity index (χ4n) is 1.86. The highest BCUT2D eigenvalue weighted by molar-refractivity contribution is 5.59. The highest BCUT2D eigenvalue weighted by Gasteiger charge is 2.31. The fraction of sp³-hybridized carbons (Fsp3) is 0.533. The van der Waals surface area contributed by atoms with Crippen LogP contribution >= 0.6 is 0 Å². The Morgan fingerprint density at radius 2 is 1.85 bits per heavy atom. The lowest BCUT2D eigenvalue weighted by atomic mass is 10.0. The van der Waals surface area contributed by atoms with Gasteiger partial charge in [0.05, 0.1) is 16.8 Å². The number of hydrogen-bond donors (Lipinski definition) is 1. The molecule has 0 radical (unpaired) electrons. The van der Waals surface area contributed by atoms with Gasteiger partial charge in [-0.3, -0.25) is 0 Å². The van der Waals surface area contributed by atoms with Crippen molar-refractivity contribution in [2.75, 3.05) is 5.32 Å². The highest BCUT2D eigenvalue weighted by Crippen LogP contribution is 2.31. The van der Waals surface area contributed by atoms with Gasteiger partial charge in [0.2, 0.25) is 0 Å². The summed E-state index contributed by atoms with van der Waals surface area (Å²) in [4.78, 5) is 0. The second-order valence-corrected chi connectivity index (χ2v) is 5.39. The van der Waals surface area contributed by atoms with Gasteiger partial charge in [0.25, 0.3) is 0 Å². The van der Waals surface area contributed by atoms with Crippen LogP contribution in [-0.4, -0.2) is 6.04 Å². The lowest BCUT2D eigenvalue weighted by Crippen LogP contribution is -2.17. The normalized spacial score (nSPS) is 13.1. The van der Waals surface area contributed by atoms with Crippen molar-refractivity contribution in [3.05, 3.63) is 29.3 Å². The molecule has 0 aliphatic rings.